The molecule has 142 valence electrons. The van der Waals surface area contributed by atoms with Crippen LogP contribution in [0.3, 0.4) is 0 Å². The van der Waals surface area contributed by atoms with Gasteiger partial charge in [0, 0.05) is 0 Å². The van der Waals surface area contributed by atoms with Gasteiger partial charge in [-0.15, -0.1) is 11.3 Å². The Morgan fingerprint density at radius 3 is 2.67 bits per heavy atom. The average Bonchev–Trinajstić information content (AvgIpc) is 2.97. The Morgan fingerprint density at radius 1 is 1.33 bits per heavy atom. The number of nitrogens with one attached hydrogen (secondary N) is 2. The van der Waals surface area contributed by atoms with Crippen LogP contribution in [0.15, 0.2) is 28.5 Å². The van der Waals surface area contributed by atoms with Crippen LogP contribution in [0.5, 0.6) is 5.75 Å². The van der Waals surface area contributed by atoms with Crippen molar-refractivity contribution in [3.05, 3.63) is 34.7 Å². The summed E-state index contributed by atoms with van der Waals surface area (Å²) in [5.41, 5.74) is 1.12. The summed E-state index contributed by atoms with van der Waals surface area (Å²) in [5, 5.41) is 14.2. The van der Waals surface area contributed by atoms with Crippen LogP contribution in [-0.2, 0) is 20.2 Å². The third-order valence-corrected chi connectivity index (χ3v) is 6.50. The number of amides is 1. The lowest BCUT2D eigenvalue weighted by Crippen LogP contribution is -2.34. The van der Waals surface area contributed by atoms with Crippen molar-refractivity contribution in [3.63, 3.8) is 0 Å². The van der Waals surface area contributed by atoms with E-state index >= 15 is 0 Å². The first kappa shape index (κ1) is 19.2. The molecule has 0 fully saturated rings. The maximum atomic E-state index is 12.8. The second-order valence-electron chi connectivity index (χ2n) is 7.23. The molecule has 0 aliphatic carbocycles. The summed E-state index contributed by atoms with van der Waals surface area (Å²) in [6.45, 7) is 7.49. The highest BCUT2D eigenvalue weighted by Crippen LogP contribution is 2.37. The van der Waals surface area contributed by atoms with Crippen LogP contribution in [0.25, 0.3) is 0 Å². The van der Waals surface area contributed by atoms with Crippen molar-refractivity contribution >= 4 is 38.0 Å². The summed E-state index contributed by atoms with van der Waals surface area (Å²) in [5.74, 6) is 0.0646. The van der Waals surface area contributed by atoms with Crippen molar-refractivity contribution in [1.29, 1.82) is 5.26 Å². The Bertz CT molecular complexity index is 1060. The zero-order chi connectivity index (χ0) is 20.0. The number of carbonyl (C=O) groups excluding carboxylic acids is 1. The normalized spacial score (nSPS) is 16.7. The van der Waals surface area contributed by atoms with Gasteiger partial charge in [-0.2, -0.15) is 5.26 Å². The van der Waals surface area contributed by atoms with Gasteiger partial charge >= 0.3 is 0 Å². The van der Waals surface area contributed by atoms with Gasteiger partial charge in [0.25, 0.3) is 15.9 Å². The smallest absolute Gasteiger partial charge is 0.265 e. The SMILES string of the molecule is CC1Oc2ccc(S(=O)(=O)Nc3scc(C(C)(C)C)c3C#N)cc2NC1=O. The van der Waals surface area contributed by atoms with Gasteiger partial charge in [-0.25, -0.2) is 8.42 Å². The van der Waals surface area contributed by atoms with Crippen LogP contribution in [0.2, 0.25) is 0 Å². The van der Waals surface area contributed by atoms with Crippen molar-refractivity contribution < 1.29 is 17.9 Å². The minimum Gasteiger partial charge on any atom is -0.479 e. The zero-order valence-corrected chi connectivity index (χ0v) is 16.9. The Balaban J connectivity index is 1.95. The van der Waals surface area contributed by atoms with E-state index in [2.05, 4.69) is 16.1 Å². The molecule has 2 aromatic rings. The van der Waals surface area contributed by atoms with E-state index in [0.717, 1.165) is 5.56 Å². The molecule has 0 saturated heterocycles. The topological polar surface area (TPSA) is 108 Å². The number of rotatable bonds is 3. The number of ether oxygens (including phenoxy) is 1. The van der Waals surface area contributed by atoms with Gasteiger partial charge in [-0.3, -0.25) is 9.52 Å². The first-order valence-corrected chi connectivity index (χ1v) is 10.6. The molecule has 3 rings (SSSR count). The lowest BCUT2D eigenvalue weighted by Gasteiger charge is -2.23. The van der Waals surface area contributed by atoms with Gasteiger partial charge in [0.05, 0.1) is 16.1 Å². The molecular weight excluding hydrogens is 386 g/mol. The fourth-order valence-electron chi connectivity index (χ4n) is 2.63. The number of nitriles is 1. The molecule has 0 saturated carbocycles. The molecule has 1 amide bonds. The van der Waals surface area contributed by atoms with E-state index in [9.17, 15) is 18.5 Å². The largest absolute Gasteiger partial charge is 0.479 e. The summed E-state index contributed by atoms with van der Waals surface area (Å²) < 4.78 is 33.5. The molecular formula is C18H19N3O4S2. The molecule has 9 heteroatoms. The number of hydrogen-bond acceptors (Lipinski definition) is 6. The van der Waals surface area contributed by atoms with Crippen LogP contribution in [-0.4, -0.2) is 20.4 Å². The Labute approximate surface area is 162 Å². The number of anilines is 2. The highest BCUT2D eigenvalue weighted by molar-refractivity contribution is 7.93. The van der Waals surface area contributed by atoms with Crippen molar-refractivity contribution in [2.24, 2.45) is 0 Å². The summed E-state index contributed by atoms with van der Waals surface area (Å²) >= 11 is 1.17. The molecule has 0 radical (unpaired) electrons. The molecule has 1 aromatic heterocycles. The van der Waals surface area contributed by atoms with Crippen LogP contribution < -0.4 is 14.8 Å². The molecule has 27 heavy (non-hydrogen) atoms. The highest BCUT2D eigenvalue weighted by atomic mass is 32.2. The fraction of sp³-hybridized carbons (Fsp3) is 0.333. The van der Waals surface area contributed by atoms with Gasteiger partial charge in [0.1, 0.15) is 16.8 Å². The molecule has 0 spiro atoms. The number of fused-ring (bicyclic) bond motifs is 1. The maximum absolute atomic E-state index is 12.8. The third kappa shape index (κ3) is 3.63. The second-order valence-corrected chi connectivity index (χ2v) is 9.79. The van der Waals surface area contributed by atoms with Crippen molar-refractivity contribution in [2.45, 2.75) is 44.1 Å². The number of nitrogens with zero attached hydrogens (tertiary/aromatic N) is 1. The number of hydrogen-bond donors (Lipinski definition) is 2. The van der Waals surface area contributed by atoms with Gasteiger partial charge < -0.3 is 10.1 Å². The summed E-state index contributed by atoms with van der Waals surface area (Å²) in [6.07, 6.45) is -0.641. The molecule has 7 nitrogen and oxygen atoms in total. The van der Waals surface area contributed by atoms with Crippen LogP contribution in [0.1, 0.15) is 38.8 Å². The number of benzene rings is 1. The highest BCUT2D eigenvalue weighted by Gasteiger charge is 2.28. The van der Waals surface area contributed by atoms with E-state index in [-0.39, 0.29) is 21.2 Å². The second kappa shape index (κ2) is 6.55. The van der Waals surface area contributed by atoms with E-state index in [4.69, 9.17) is 4.74 Å². The Morgan fingerprint density at radius 2 is 2.04 bits per heavy atom. The number of carbonyl (C=O) groups is 1. The maximum Gasteiger partial charge on any atom is 0.265 e. The number of thiophene rings is 1. The van der Waals surface area contributed by atoms with Crippen LogP contribution in [0, 0.1) is 11.3 Å². The lowest BCUT2D eigenvalue weighted by atomic mass is 9.86. The molecule has 1 unspecified atom stereocenters. The average molecular weight is 406 g/mol. The molecule has 1 atom stereocenters. The predicted molar refractivity (Wildman–Crippen MR) is 104 cm³/mol. The summed E-state index contributed by atoms with van der Waals surface area (Å²) in [7, 11) is -3.94. The molecule has 1 aromatic carbocycles. The first-order valence-electron chi connectivity index (χ1n) is 8.19. The van der Waals surface area contributed by atoms with E-state index in [1.807, 2.05) is 20.8 Å². The van der Waals surface area contributed by atoms with Gasteiger partial charge in [-0.1, -0.05) is 20.8 Å². The monoisotopic (exact) mass is 405 g/mol. The van der Waals surface area contributed by atoms with Gasteiger partial charge in [0.2, 0.25) is 0 Å². The molecule has 1 aliphatic rings. The van der Waals surface area contributed by atoms with E-state index in [1.54, 1.807) is 12.3 Å². The van der Waals surface area contributed by atoms with E-state index in [1.165, 1.54) is 29.5 Å². The Hall–Kier alpha value is -2.57. The molecule has 2 heterocycles. The number of sulfonamides is 1. The third-order valence-electron chi connectivity index (χ3n) is 4.13. The van der Waals surface area contributed by atoms with Crippen molar-refractivity contribution in [3.8, 4) is 11.8 Å². The van der Waals surface area contributed by atoms with Crippen molar-refractivity contribution in [2.75, 3.05) is 10.0 Å². The van der Waals surface area contributed by atoms with Crippen LogP contribution >= 0.6 is 11.3 Å². The fourth-order valence-corrected chi connectivity index (χ4v) is 5.12. The van der Waals surface area contributed by atoms with E-state index in [0.29, 0.717) is 17.0 Å². The van der Waals surface area contributed by atoms with Gasteiger partial charge in [0.15, 0.2) is 6.10 Å². The zero-order valence-electron chi connectivity index (χ0n) is 15.3. The predicted octanol–water partition coefficient (Wildman–Crippen LogP) is 3.44. The van der Waals surface area contributed by atoms with E-state index < -0.39 is 16.1 Å². The van der Waals surface area contributed by atoms with Crippen molar-refractivity contribution in [1.82, 2.24) is 0 Å². The molecule has 0 bridgehead atoms. The minimum absolute atomic E-state index is 0.0331. The standard InChI is InChI=1S/C18H19N3O4S2/c1-10-16(22)20-14-7-11(5-6-15(14)25-10)27(23,24)21-17-12(8-19)13(9-26-17)18(2,3)4/h5-7,9-10,21H,1-4H3,(H,20,22). The summed E-state index contributed by atoms with van der Waals surface area (Å²) in [6, 6.07) is 6.33. The Kier molecular flexibility index (Phi) is 4.66. The lowest BCUT2D eigenvalue weighted by molar-refractivity contribution is -0.122. The quantitative estimate of drug-likeness (QED) is 0.813. The van der Waals surface area contributed by atoms with Gasteiger partial charge in [-0.05, 0) is 41.5 Å². The van der Waals surface area contributed by atoms with Crippen LogP contribution in [0.4, 0.5) is 10.7 Å². The molecule has 2 N–H and O–H groups in total. The minimum atomic E-state index is -3.94. The first-order chi connectivity index (χ1) is 12.5. The summed E-state index contributed by atoms with van der Waals surface area (Å²) in [4.78, 5) is 11.7. The molecule has 1 aliphatic heterocycles.